The Balaban J connectivity index is 2.10. The number of nitro groups is 1. The van der Waals surface area contributed by atoms with Gasteiger partial charge in [0.25, 0.3) is 5.69 Å². The first-order chi connectivity index (χ1) is 8.16. The van der Waals surface area contributed by atoms with Crippen LogP contribution in [0.15, 0.2) is 24.3 Å². The Morgan fingerprint density at radius 3 is 3.00 bits per heavy atom. The lowest BCUT2D eigenvalue weighted by Crippen LogP contribution is -2.49. The number of benzene rings is 1. The van der Waals surface area contributed by atoms with Crippen LogP contribution in [-0.4, -0.2) is 42.5 Å². The molecule has 1 aliphatic heterocycles. The molecule has 5 nitrogen and oxygen atoms in total. The lowest BCUT2D eigenvalue weighted by molar-refractivity contribution is -0.385. The third-order valence-corrected chi connectivity index (χ3v) is 3.11. The molecule has 0 aliphatic carbocycles. The number of likely N-dealkylation sites (N-methyl/N-ethyl adjacent to an activating group) is 1. The molecule has 1 heterocycles. The van der Waals surface area contributed by atoms with Crippen molar-refractivity contribution in [2.75, 3.05) is 26.7 Å². The predicted octanol–water partition coefficient (Wildman–Crippen LogP) is 1.04. The predicted molar refractivity (Wildman–Crippen MR) is 66.1 cm³/mol. The standard InChI is InChI=1S/C12H17N3O2/c1-14-7-6-13-11(9-14)8-10-4-2-3-5-12(10)15(16)17/h2-5,11,13H,6-9H2,1H3. The summed E-state index contributed by atoms with van der Waals surface area (Å²) in [6.45, 7) is 2.92. The maximum atomic E-state index is 10.9. The quantitative estimate of drug-likeness (QED) is 0.628. The van der Waals surface area contributed by atoms with Crippen LogP contribution in [0.2, 0.25) is 0 Å². The van der Waals surface area contributed by atoms with Gasteiger partial charge in [0.1, 0.15) is 0 Å². The molecule has 5 heteroatoms. The summed E-state index contributed by atoms with van der Waals surface area (Å²) in [6, 6.07) is 7.28. The number of para-hydroxylation sites is 1. The fourth-order valence-electron chi connectivity index (χ4n) is 2.26. The van der Waals surface area contributed by atoms with Crippen LogP contribution in [0.4, 0.5) is 5.69 Å². The fourth-order valence-corrected chi connectivity index (χ4v) is 2.26. The van der Waals surface area contributed by atoms with Crippen LogP contribution in [0.3, 0.4) is 0 Å². The largest absolute Gasteiger partial charge is 0.311 e. The van der Waals surface area contributed by atoms with Crippen molar-refractivity contribution in [2.24, 2.45) is 0 Å². The van der Waals surface area contributed by atoms with Gasteiger partial charge in [-0.15, -0.1) is 0 Å². The Kier molecular flexibility index (Phi) is 3.71. The molecule has 92 valence electrons. The van der Waals surface area contributed by atoms with Gasteiger partial charge in [0.05, 0.1) is 4.92 Å². The molecule has 0 amide bonds. The van der Waals surface area contributed by atoms with E-state index in [4.69, 9.17) is 0 Å². The minimum atomic E-state index is -0.304. The van der Waals surface area contributed by atoms with E-state index >= 15 is 0 Å². The first kappa shape index (κ1) is 12.0. The van der Waals surface area contributed by atoms with Gasteiger partial charge in [-0.3, -0.25) is 10.1 Å². The summed E-state index contributed by atoms with van der Waals surface area (Å²) in [4.78, 5) is 12.8. The second-order valence-electron chi connectivity index (χ2n) is 4.50. The van der Waals surface area contributed by atoms with Crippen LogP contribution in [0, 0.1) is 10.1 Å². The maximum absolute atomic E-state index is 10.9. The van der Waals surface area contributed by atoms with Crippen LogP contribution in [0.1, 0.15) is 5.56 Å². The van der Waals surface area contributed by atoms with Gasteiger partial charge >= 0.3 is 0 Å². The monoisotopic (exact) mass is 235 g/mol. The van der Waals surface area contributed by atoms with E-state index in [0.29, 0.717) is 12.5 Å². The Hall–Kier alpha value is -1.46. The summed E-state index contributed by atoms with van der Waals surface area (Å²) in [5.41, 5.74) is 1.04. The third kappa shape index (κ3) is 3.01. The Bertz CT molecular complexity index is 408. The van der Waals surface area contributed by atoms with Gasteiger partial charge < -0.3 is 10.2 Å². The zero-order valence-corrected chi connectivity index (χ0v) is 9.93. The van der Waals surface area contributed by atoms with Crippen molar-refractivity contribution in [1.29, 1.82) is 0 Å². The highest BCUT2D eigenvalue weighted by Crippen LogP contribution is 2.19. The lowest BCUT2D eigenvalue weighted by atomic mass is 10.0. The molecule has 2 rings (SSSR count). The van der Waals surface area contributed by atoms with Gasteiger partial charge in [0.2, 0.25) is 0 Å². The molecule has 0 radical (unpaired) electrons. The van der Waals surface area contributed by atoms with Gasteiger partial charge in [-0.1, -0.05) is 18.2 Å². The van der Waals surface area contributed by atoms with E-state index in [1.165, 1.54) is 0 Å². The van der Waals surface area contributed by atoms with Crippen molar-refractivity contribution in [1.82, 2.24) is 10.2 Å². The fraction of sp³-hybridized carbons (Fsp3) is 0.500. The molecule has 1 N–H and O–H groups in total. The van der Waals surface area contributed by atoms with Gasteiger partial charge in [-0.05, 0) is 13.5 Å². The third-order valence-electron chi connectivity index (χ3n) is 3.11. The summed E-state index contributed by atoms with van der Waals surface area (Å²) in [5, 5.41) is 14.3. The zero-order chi connectivity index (χ0) is 12.3. The minimum Gasteiger partial charge on any atom is -0.311 e. The molecule has 1 atom stereocenters. The number of hydrogen-bond acceptors (Lipinski definition) is 4. The smallest absolute Gasteiger partial charge is 0.272 e. The molecule has 1 unspecified atom stereocenters. The number of hydrogen-bond donors (Lipinski definition) is 1. The number of nitro benzene ring substituents is 1. The summed E-state index contributed by atoms with van der Waals surface area (Å²) >= 11 is 0. The van der Waals surface area contributed by atoms with Crippen LogP contribution in [0.5, 0.6) is 0 Å². The molecule has 0 aromatic heterocycles. The summed E-state index contributed by atoms with van der Waals surface area (Å²) in [6.07, 6.45) is 0.710. The van der Waals surface area contributed by atoms with Crippen molar-refractivity contribution in [2.45, 2.75) is 12.5 Å². The van der Waals surface area contributed by atoms with Crippen molar-refractivity contribution in [3.05, 3.63) is 39.9 Å². The normalized spacial score (nSPS) is 21.4. The average molecular weight is 235 g/mol. The maximum Gasteiger partial charge on any atom is 0.272 e. The summed E-state index contributed by atoms with van der Waals surface area (Å²) in [7, 11) is 2.08. The van der Waals surface area contributed by atoms with Crippen LogP contribution < -0.4 is 5.32 Å². The highest BCUT2D eigenvalue weighted by Gasteiger charge is 2.20. The molecule has 1 fully saturated rings. The van der Waals surface area contributed by atoms with Gasteiger partial charge in [0.15, 0.2) is 0 Å². The van der Waals surface area contributed by atoms with E-state index < -0.39 is 0 Å². The molecular weight excluding hydrogens is 218 g/mol. The van der Waals surface area contributed by atoms with Gasteiger partial charge in [0, 0.05) is 37.3 Å². The first-order valence-corrected chi connectivity index (χ1v) is 5.81. The van der Waals surface area contributed by atoms with Gasteiger partial charge in [-0.25, -0.2) is 0 Å². The molecule has 17 heavy (non-hydrogen) atoms. The highest BCUT2D eigenvalue weighted by atomic mass is 16.6. The summed E-state index contributed by atoms with van der Waals surface area (Å²) < 4.78 is 0. The van der Waals surface area contributed by atoms with Crippen LogP contribution in [0.25, 0.3) is 0 Å². The van der Waals surface area contributed by atoms with E-state index in [-0.39, 0.29) is 10.6 Å². The molecule has 1 aliphatic rings. The minimum absolute atomic E-state index is 0.225. The molecule has 0 spiro atoms. The molecule has 1 saturated heterocycles. The second-order valence-corrected chi connectivity index (χ2v) is 4.50. The summed E-state index contributed by atoms with van der Waals surface area (Å²) in [5.74, 6) is 0. The van der Waals surface area contributed by atoms with E-state index in [1.54, 1.807) is 12.1 Å². The second kappa shape index (κ2) is 5.25. The number of piperazine rings is 1. The van der Waals surface area contributed by atoms with Crippen LogP contribution in [-0.2, 0) is 6.42 Å². The highest BCUT2D eigenvalue weighted by molar-refractivity contribution is 5.40. The van der Waals surface area contributed by atoms with Crippen molar-refractivity contribution < 1.29 is 4.92 Å². The van der Waals surface area contributed by atoms with E-state index in [9.17, 15) is 10.1 Å². The van der Waals surface area contributed by atoms with Crippen LogP contribution >= 0.6 is 0 Å². The number of nitrogens with one attached hydrogen (secondary N) is 1. The average Bonchev–Trinajstić information content (AvgIpc) is 2.29. The molecule has 0 saturated carbocycles. The van der Waals surface area contributed by atoms with Crippen molar-refractivity contribution >= 4 is 5.69 Å². The SMILES string of the molecule is CN1CCNC(Cc2ccccc2[N+](=O)[O-])C1. The Labute approximate surface area is 101 Å². The van der Waals surface area contributed by atoms with Crippen molar-refractivity contribution in [3.8, 4) is 0 Å². The van der Waals surface area contributed by atoms with E-state index in [0.717, 1.165) is 25.2 Å². The number of nitrogens with zero attached hydrogens (tertiary/aromatic N) is 2. The molecule has 0 bridgehead atoms. The van der Waals surface area contributed by atoms with E-state index in [1.807, 2.05) is 12.1 Å². The Morgan fingerprint density at radius 1 is 1.53 bits per heavy atom. The zero-order valence-electron chi connectivity index (χ0n) is 9.93. The topological polar surface area (TPSA) is 58.4 Å². The van der Waals surface area contributed by atoms with Gasteiger partial charge in [-0.2, -0.15) is 0 Å². The first-order valence-electron chi connectivity index (χ1n) is 5.81. The molecule has 1 aromatic rings. The van der Waals surface area contributed by atoms with E-state index in [2.05, 4.69) is 17.3 Å². The Morgan fingerprint density at radius 2 is 2.29 bits per heavy atom. The number of rotatable bonds is 3. The molecule has 1 aromatic carbocycles. The molecular formula is C12H17N3O2. The lowest BCUT2D eigenvalue weighted by Gasteiger charge is -2.30. The van der Waals surface area contributed by atoms with Crippen molar-refractivity contribution in [3.63, 3.8) is 0 Å².